The molecular weight excluding hydrogens is 297 g/mol. The third kappa shape index (κ3) is 5.53. The van der Waals surface area contributed by atoms with Crippen molar-refractivity contribution in [2.45, 2.75) is 38.6 Å². The Balaban J connectivity index is 2.82. The molecule has 1 aromatic rings. The number of amides is 1. The molecule has 0 aliphatic carbocycles. The average Bonchev–Trinajstić information content (AvgIpc) is 2.37. The molecule has 5 nitrogen and oxygen atoms in total. The second kappa shape index (κ2) is 7.11. The molecule has 118 valence electrons. The van der Waals surface area contributed by atoms with E-state index in [1.807, 2.05) is 0 Å². The van der Waals surface area contributed by atoms with Crippen LogP contribution in [0.3, 0.4) is 0 Å². The lowest BCUT2D eigenvalue weighted by molar-refractivity contribution is 0.0336. The van der Waals surface area contributed by atoms with Crippen molar-refractivity contribution < 1.29 is 24.1 Å². The number of carbonyl (C=O) groups excluding carboxylic acids is 1. The van der Waals surface area contributed by atoms with E-state index < -0.39 is 29.7 Å². The molecule has 0 bridgehead atoms. The maximum absolute atomic E-state index is 13.9. The molecule has 2 atom stereocenters. The van der Waals surface area contributed by atoms with Gasteiger partial charge in [0.05, 0.1) is 11.8 Å². The predicted octanol–water partition coefficient (Wildman–Crippen LogP) is 2.50. The summed E-state index contributed by atoms with van der Waals surface area (Å²) in [6, 6.07) is 3.75. The first kappa shape index (κ1) is 17.7. The number of anilines is 1. The Hall–Kier alpha value is -1.31. The fourth-order valence-corrected chi connectivity index (χ4v) is 1.75. The Morgan fingerprint density at radius 2 is 2.05 bits per heavy atom. The van der Waals surface area contributed by atoms with Crippen LogP contribution in [0.1, 0.15) is 32.4 Å². The average molecular weight is 317 g/mol. The molecule has 0 aliphatic rings. The van der Waals surface area contributed by atoms with Gasteiger partial charge in [-0.3, -0.25) is 5.32 Å². The SMILES string of the molecule is CC(C)(C)OC(=O)Nc1ccc(C(O)C(O)CS)cc1F. The highest BCUT2D eigenvalue weighted by molar-refractivity contribution is 7.80. The molecule has 0 aromatic heterocycles. The van der Waals surface area contributed by atoms with E-state index in [2.05, 4.69) is 17.9 Å². The van der Waals surface area contributed by atoms with Crippen LogP contribution in [-0.4, -0.2) is 33.8 Å². The van der Waals surface area contributed by atoms with Crippen LogP contribution >= 0.6 is 12.6 Å². The lowest BCUT2D eigenvalue weighted by atomic mass is 10.0. The standard InChI is InChI=1S/C14H20FNO4S/c1-14(2,3)20-13(19)16-10-5-4-8(6-9(10)15)12(18)11(17)7-21/h4-6,11-12,17-18,21H,7H2,1-3H3,(H,16,19). The number of aliphatic hydroxyl groups is 2. The number of hydrogen-bond acceptors (Lipinski definition) is 5. The molecule has 2 unspecified atom stereocenters. The van der Waals surface area contributed by atoms with Gasteiger partial charge in [-0.05, 0) is 38.5 Å². The first-order chi connectivity index (χ1) is 9.64. The summed E-state index contributed by atoms with van der Waals surface area (Å²) in [6.07, 6.45) is -3.12. The van der Waals surface area contributed by atoms with Crippen LogP contribution in [0.15, 0.2) is 18.2 Å². The fraction of sp³-hybridized carbons (Fsp3) is 0.500. The molecule has 7 heteroatoms. The topological polar surface area (TPSA) is 78.8 Å². The van der Waals surface area contributed by atoms with E-state index in [9.17, 15) is 19.4 Å². The van der Waals surface area contributed by atoms with Crippen molar-refractivity contribution in [2.75, 3.05) is 11.1 Å². The van der Waals surface area contributed by atoms with Gasteiger partial charge in [-0.25, -0.2) is 9.18 Å². The summed E-state index contributed by atoms with van der Waals surface area (Å²) in [5, 5.41) is 21.5. The van der Waals surface area contributed by atoms with Crippen LogP contribution in [0.4, 0.5) is 14.9 Å². The lowest BCUT2D eigenvalue weighted by Gasteiger charge is -2.20. The number of nitrogens with one attached hydrogen (secondary N) is 1. The first-order valence-electron chi connectivity index (χ1n) is 6.40. The Kier molecular flexibility index (Phi) is 6.00. The van der Waals surface area contributed by atoms with Crippen LogP contribution in [-0.2, 0) is 4.74 Å². The smallest absolute Gasteiger partial charge is 0.412 e. The first-order valence-corrected chi connectivity index (χ1v) is 7.03. The molecule has 0 saturated heterocycles. The molecule has 0 fully saturated rings. The second-order valence-corrected chi connectivity index (χ2v) is 5.93. The highest BCUT2D eigenvalue weighted by atomic mass is 32.1. The number of carbonyl (C=O) groups is 1. The summed E-state index contributed by atoms with van der Waals surface area (Å²) in [5.74, 6) is -0.690. The number of hydrogen-bond donors (Lipinski definition) is 4. The van der Waals surface area contributed by atoms with Crippen molar-refractivity contribution >= 4 is 24.4 Å². The van der Waals surface area contributed by atoms with Gasteiger partial charge in [0.25, 0.3) is 0 Å². The van der Waals surface area contributed by atoms with Crippen LogP contribution < -0.4 is 5.32 Å². The van der Waals surface area contributed by atoms with Crippen molar-refractivity contribution in [1.82, 2.24) is 0 Å². The zero-order valence-electron chi connectivity index (χ0n) is 12.1. The predicted molar refractivity (Wildman–Crippen MR) is 81.1 cm³/mol. The minimum atomic E-state index is -1.24. The van der Waals surface area contributed by atoms with Gasteiger partial charge in [0.2, 0.25) is 0 Å². The fourth-order valence-electron chi connectivity index (χ4n) is 1.55. The van der Waals surface area contributed by atoms with Crippen molar-refractivity contribution in [3.05, 3.63) is 29.6 Å². The molecule has 0 spiro atoms. The van der Waals surface area contributed by atoms with E-state index in [0.717, 1.165) is 6.07 Å². The summed E-state index contributed by atoms with van der Waals surface area (Å²) in [5.41, 5.74) is -0.558. The summed E-state index contributed by atoms with van der Waals surface area (Å²) < 4.78 is 18.9. The highest BCUT2D eigenvalue weighted by Crippen LogP contribution is 2.23. The molecule has 3 N–H and O–H groups in total. The molecule has 21 heavy (non-hydrogen) atoms. The van der Waals surface area contributed by atoms with Crippen molar-refractivity contribution in [3.63, 3.8) is 0 Å². The van der Waals surface area contributed by atoms with Gasteiger partial charge < -0.3 is 14.9 Å². The molecule has 1 rings (SSSR count). The monoisotopic (exact) mass is 317 g/mol. The minimum Gasteiger partial charge on any atom is -0.444 e. The number of aliphatic hydroxyl groups excluding tert-OH is 2. The van der Waals surface area contributed by atoms with E-state index in [-0.39, 0.29) is 17.0 Å². The van der Waals surface area contributed by atoms with Gasteiger partial charge in [0.1, 0.15) is 17.5 Å². The maximum Gasteiger partial charge on any atom is 0.412 e. The van der Waals surface area contributed by atoms with Crippen molar-refractivity contribution in [2.24, 2.45) is 0 Å². The Morgan fingerprint density at radius 1 is 1.43 bits per heavy atom. The Labute approximate surface area is 128 Å². The van der Waals surface area contributed by atoms with Gasteiger partial charge in [0, 0.05) is 5.75 Å². The molecule has 1 aromatic carbocycles. The van der Waals surface area contributed by atoms with Crippen LogP contribution in [0.5, 0.6) is 0 Å². The quantitative estimate of drug-likeness (QED) is 0.643. The number of benzene rings is 1. The van der Waals surface area contributed by atoms with Crippen LogP contribution in [0.2, 0.25) is 0 Å². The minimum absolute atomic E-state index is 0.0424. The van der Waals surface area contributed by atoms with Crippen LogP contribution in [0, 0.1) is 5.82 Å². The zero-order valence-corrected chi connectivity index (χ0v) is 13.0. The van der Waals surface area contributed by atoms with Crippen LogP contribution in [0.25, 0.3) is 0 Å². The molecule has 0 aliphatic heterocycles. The number of thiol groups is 1. The van der Waals surface area contributed by atoms with Gasteiger partial charge >= 0.3 is 6.09 Å². The van der Waals surface area contributed by atoms with E-state index in [4.69, 9.17) is 4.74 Å². The summed E-state index contributed by atoms with van der Waals surface area (Å²) >= 11 is 3.86. The zero-order chi connectivity index (χ0) is 16.2. The third-order valence-electron chi connectivity index (χ3n) is 2.52. The Bertz CT molecular complexity index is 504. The summed E-state index contributed by atoms with van der Waals surface area (Å²) in [7, 11) is 0. The van der Waals surface area contributed by atoms with E-state index in [0.29, 0.717) is 0 Å². The number of rotatable bonds is 4. The van der Waals surface area contributed by atoms with Gasteiger partial charge in [0.15, 0.2) is 0 Å². The van der Waals surface area contributed by atoms with Crippen molar-refractivity contribution in [1.29, 1.82) is 0 Å². The largest absolute Gasteiger partial charge is 0.444 e. The lowest BCUT2D eigenvalue weighted by Crippen LogP contribution is -2.27. The van der Waals surface area contributed by atoms with Gasteiger partial charge in [-0.15, -0.1) is 0 Å². The summed E-state index contributed by atoms with van der Waals surface area (Å²) in [6.45, 7) is 5.09. The molecular formula is C14H20FNO4S. The molecule has 0 heterocycles. The third-order valence-corrected chi connectivity index (χ3v) is 2.90. The second-order valence-electron chi connectivity index (χ2n) is 5.56. The van der Waals surface area contributed by atoms with E-state index in [1.54, 1.807) is 20.8 Å². The molecule has 1 amide bonds. The molecule has 0 saturated carbocycles. The summed E-state index contributed by atoms with van der Waals surface area (Å²) in [4.78, 5) is 11.6. The number of ether oxygens (including phenoxy) is 1. The molecule has 0 radical (unpaired) electrons. The van der Waals surface area contributed by atoms with E-state index in [1.165, 1.54) is 12.1 Å². The van der Waals surface area contributed by atoms with Gasteiger partial charge in [-0.1, -0.05) is 6.07 Å². The Morgan fingerprint density at radius 3 is 2.52 bits per heavy atom. The maximum atomic E-state index is 13.9. The van der Waals surface area contributed by atoms with E-state index >= 15 is 0 Å². The highest BCUT2D eigenvalue weighted by Gasteiger charge is 2.20. The van der Waals surface area contributed by atoms with Crippen molar-refractivity contribution in [3.8, 4) is 0 Å². The van der Waals surface area contributed by atoms with Gasteiger partial charge in [-0.2, -0.15) is 12.6 Å². The number of halogens is 1. The normalized spacial score (nSPS) is 14.4.